The van der Waals surface area contributed by atoms with Crippen LogP contribution in [0.15, 0.2) is 0 Å². The van der Waals surface area contributed by atoms with Gasteiger partial charge in [-0.3, -0.25) is 4.79 Å². The van der Waals surface area contributed by atoms with Crippen LogP contribution >= 0.6 is 0 Å². The molecule has 0 aromatic heterocycles. The second-order valence-electron chi connectivity index (χ2n) is 4.56. The molecule has 0 heterocycles. The summed E-state index contributed by atoms with van der Waals surface area (Å²) in [6.07, 6.45) is 5.62. The van der Waals surface area contributed by atoms with Crippen LogP contribution in [-0.2, 0) is 4.79 Å². The lowest BCUT2D eigenvalue weighted by Crippen LogP contribution is -2.30. The van der Waals surface area contributed by atoms with Gasteiger partial charge < -0.3 is 10.6 Å². The van der Waals surface area contributed by atoms with Gasteiger partial charge in [0.15, 0.2) is 0 Å². The fourth-order valence-corrected chi connectivity index (χ4v) is 1.83. The highest BCUT2D eigenvalue weighted by Crippen LogP contribution is 2.32. The van der Waals surface area contributed by atoms with Gasteiger partial charge in [0.05, 0.1) is 0 Å². The minimum atomic E-state index is 0.221. The number of rotatable bonds is 6. The summed E-state index contributed by atoms with van der Waals surface area (Å²) in [6.45, 7) is 3.03. The quantitative estimate of drug-likeness (QED) is 0.666. The zero-order valence-electron chi connectivity index (χ0n) is 8.88. The van der Waals surface area contributed by atoms with Crippen molar-refractivity contribution in [2.45, 2.75) is 51.1 Å². The molecule has 80 valence electrons. The SMILES string of the molecule is CCC1CC1NC(=O)CCNC1CC1. The van der Waals surface area contributed by atoms with E-state index >= 15 is 0 Å². The number of hydrogen-bond acceptors (Lipinski definition) is 2. The highest BCUT2D eigenvalue weighted by Gasteiger charge is 2.36. The van der Waals surface area contributed by atoms with Crippen molar-refractivity contribution < 1.29 is 4.79 Å². The molecule has 0 aromatic rings. The van der Waals surface area contributed by atoms with Crippen LogP contribution in [0.25, 0.3) is 0 Å². The van der Waals surface area contributed by atoms with Crippen molar-refractivity contribution in [2.75, 3.05) is 6.54 Å². The third kappa shape index (κ3) is 2.98. The maximum atomic E-state index is 11.4. The van der Waals surface area contributed by atoms with E-state index < -0.39 is 0 Å². The van der Waals surface area contributed by atoms with Gasteiger partial charge in [0.1, 0.15) is 0 Å². The number of amides is 1. The minimum absolute atomic E-state index is 0.221. The molecule has 0 bridgehead atoms. The Morgan fingerprint density at radius 3 is 2.79 bits per heavy atom. The summed E-state index contributed by atoms with van der Waals surface area (Å²) >= 11 is 0. The molecule has 0 saturated heterocycles. The van der Waals surface area contributed by atoms with Crippen LogP contribution in [0.5, 0.6) is 0 Å². The van der Waals surface area contributed by atoms with Gasteiger partial charge in [-0.15, -0.1) is 0 Å². The van der Waals surface area contributed by atoms with Crippen LogP contribution in [0.2, 0.25) is 0 Å². The molecule has 2 saturated carbocycles. The van der Waals surface area contributed by atoms with Gasteiger partial charge in [0, 0.05) is 25.0 Å². The molecule has 2 aliphatic carbocycles. The lowest BCUT2D eigenvalue weighted by atomic mass is 10.3. The summed E-state index contributed by atoms with van der Waals surface area (Å²) in [6, 6.07) is 1.21. The van der Waals surface area contributed by atoms with Crippen molar-refractivity contribution in [3.8, 4) is 0 Å². The summed E-state index contributed by atoms with van der Waals surface area (Å²) in [7, 11) is 0. The molecule has 3 nitrogen and oxygen atoms in total. The third-order valence-corrected chi connectivity index (χ3v) is 3.16. The Hall–Kier alpha value is -0.570. The second kappa shape index (κ2) is 4.30. The molecule has 0 aromatic carbocycles. The highest BCUT2D eigenvalue weighted by molar-refractivity contribution is 5.76. The molecular weight excluding hydrogens is 176 g/mol. The zero-order valence-corrected chi connectivity index (χ0v) is 8.88. The van der Waals surface area contributed by atoms with Gasteiger partial charge in [-0.1, -0.05) is 13.3 Å². The molecular formula is C11H20N2O. The van der Waals surface area contributed by atoms with Gasteiger partial charge in [0.2, 0.25) is 5.91 Å². The molecule has 0 aliphatic heterocycles. The van der Waals surface area contributed by atoms with E-state index in [1.807, 2.05) is 0 Å². The second-order valence-corrected chi connectivity index (χ2v) is 4.56. The number of carbonyl (C=O) groups is 1. The standard InChI is InChI=1S/C11H20N2O/c1-2-8-7-10(8)13-11(14)5-6-12-9-3-4-9/h8-10,12H,2-7H2,1H3,(H,13,14). The maximum absolute atomic E-state index is 11.4. The fraction of sp³-hybridized carbons (Fsp3) is 0.909. The summed E-state index contributed by atoms with van der Waals surface area (Å²) in [5.41, 5.74) is 0. The predicted molar refractivity (Wildman–Crippen MR) is 56.0 cm³/mol. The predicted octanol–water partition coefficient (Wildman–Crippen LogP) is 1.04. The first-order valence-electron chi connectivity index (χ1n) is 5.82. The normalized spacial score (nSPS) is 30.1. The van der Waals surface area contributed by atoms with Crippen LogP contribution in [0.4, 0.5) is 0 Å². The molecule has 14 heavy (non-hydrogen) atoms. The van der Waals surface area contributed by atoms with Crippen molar-refractivity contribution >= 4 is 5.91 Å². The van der Waals surface area contributed by atoms with Gasteiger partial charge in [-0.05, 0) is 25.2 Å². The van der Waals surface area contributed by atoms with E-state index in [0.29, 0.717) is 18.5 Å². The van der Waals surface area contributed by atoms with Crippen LogP contribution in [0.3, 0.4) is 0 Å². The van der Waals surface area contributed by atoms with E-state index in [0.717, 1.165) is 12.5 Å². The average Bonchev–Trinajstić information content (AvgIpc) is 2.99. The monoisotopic (exact) mass is 196 g/mol. The molecule has 2 atom stereocenters. The van der Waals surface area contributed by atoms with Crippen LogP contribution in [0.1, 0.15) is 39.0 Å². The summed E-state index contributed by atoms with van der Waals surface area (Å²) in [5, 5.41) is 6.42. The lowest BCUT2D eigenvalue weighted by Gasteiger charge is -2.04. The molecule has 1 amide bonds. The summed E-state index contributed by atoms with van der Waals surface area (Å²) in [4.78, 5) is 11.4. The molecule has 3 heteroatoms. The Kier molecular flexibility index (Phi) is 3.06. The molecule has 2 aliphatic rings. The molecule has 0 radical (unpaired) electrons. The third-order valence-electron chi connectivity index (χ3n) is 3.16. The largest absolute Gasteiger partial charge is 0.353 e. The van der Waals surface area contributed by atoms with Gasteiger partial charge in [0.25, 0.3) is 0 Å². The smallest absolute Gasteiger partial charge is 0.221 e. The molecule has 2 N–H and O–H groups in total. The van der Waals surface area contributed by atoms with E-state index in [-0.39, 0.29) is 5.91 Å². The lowest BCUT2D eigenvalue weighted by molar-refractivity contribution is -0.121. The van der Waals surface area contributed by atoms with E-state index in [2.05, 4.69) is 17.6 Å². The molecule has 0 spiro atoms. The maximum Gasteiger partial charge on any atom is 0.221 e. The van der Waals surface area contributed by atoms with Crippen molar-refractivity contribution in [1.29, 1.82) is 0 Å². The first kappa shape index (κ1) is 9.97. The van der Waals surface area contributed by atoms with Gasteiger partial charge in [-0.2, -0.15) is 0 Å². The molecule has 2 unspecified atom stereocenters. The minimum Gasteiger partial charge on any atom is -0.353 e. The van der Waals surface area contributed by atoms with Crippen molar-refractivity contribution in [3.05, 3.63) is 0 Å². The Morgan fingerprint density at radius 1 is 1.43 bits per heavy atom. The summed E-state index contributed by atoms with van der Waals surface area (Å²) in [5.74, 6) is 0.981. The molecule has 2 fully saturated rings. The van der Waals surface area contributed by atoms with E-state index in [1.165, 1.54) is 25.7 Å². The Morgan fingerprint density at radius 2 is 2.21 bits per heavy atom. The van der Waals surface area contributed by atoms with Gasteiger partial charge >= 0.3 is 0 Å². The van der Waals surface area contributed by atoms with Crippen LogP contribution in [0, 0.1) is 5.92 Å². The first-order chi connectivity index (χ1) is 6.79. The molecule has 2 rings (SSSR count). The van der Waals surface area contributed by atoms with Crippen molar-refractivity contribution in [2.24, 2.45) is 5.92 Å². The number of hydrogen-bond donors (Lipinski definition) is 2. The number of carbonyl (C=O) groups excluding carboxylic acids is 1. The van der Waals surface area contributed by atoms with Gasteiger partial charge in [-0.25, -0.2) is 0 Å². The Labute approximate surface area is 85.6 Å². The van der Waals surface area contributed by atoms with Crippen molar-refractivity contribution in [3.63, 3.8) is 0 Å². The highest BCUT2D eigenvalue weighted by atomic mass is 16.1. The zero-order chi connectivity index (χ0) is 9.97. The van der Waals surface area contributed by atoms with E-state index in [4.69, 9.17) is 0 Å². The van der Waals surface area contributed by atoms with E-state index in [9.17, 15) is 4.79 Å². The number of nitrogens with one attached hydrogen (secondary N) is 2. The summed E-state index contributed by atoms with van der Waals surface area (Å²) < 4.78 is 0. The fourth-order valence-electron chi connectivity index (χ4n) is 1.83. The first-order valence-corrected chi connectivity index (χ1v) is 5.82. The van der Waals surface area contributed by atoms with Crippen LogP contribution < -0.4 is 10.6 Å². The Balaban J connectivity index is 1.50. The Bertz CT molecular complexity index is 213. The van der Waals surface area contributed by atoms with Crippen molar-refractivity contribution in [1.82, 2.24) is 10.6 Å². The van der Waals surface area contributed by atoms with E-state index in [1.54, 1.807) is 0 Å². The van der Waals surface area contributed by atoms with Crippen LogP contribution in [-0.4, -0.2) is 24.5 Å². The average molecular weight is 196 g/mol. The topological polar surface area (TPSA) is 41.1 Å².